The Hall–Kier alpha value is -0.370. The van der Waals surface area contributed by atoms with Gasteiger partial charge in [-0.2, -0.15) is 11.8 Å². The average Bonchev–Trinajstić information content (AvgIpc) is 2.17. The summed E-state index contributed by atoms with van der Waals surface area (Å²) in [6.07, 6.45) is 13.1. The van der Waals surface area contributed by atoms with E-state index < -0.39 is 0 Å². The van der Waals surface area contributed by atoms with Gasteiger partial charge in [0.2, 0.25) is 0 Å². The molecular formula is C11H21NS. The molecule has 0 radical (unpaired) electrons. The highest BCUT2D eigenvalue weighted by Gasteiger charge is 1.98. The highest BCUT2D eigenvalue weighted by atomic mass is 32.2. The minimum Gasteiger partial charge on any atom is -0.390 e. The Bertz CT molecular complexity index is 152. The van der Waals surface area contributed by atoms with Gasteiger partial charge >= 0.3 is 0 Å². The molecule has 1 atom stereocenters. The number of rotatable bonds is 7. The van der Waals surface area contributed by atoms with E-state index in [-0.39, 0.29) is 0 Å². The van der Waals surface area contributed by atoms with Gasteiger partial charge < -0.3 is 5.32 Å². The van der Waals surface area contributed by atoms with Crippen LogP contribution in [0.4, 0.5) is 0 Å². The molecule has 0 amide bonds. The second-order valence-electron chi connectivity index (χ2n) is 2.83. The van der Waals surface area contributed by atoms with Crippen molar-refractivity contribution >= 4 is 11.8 Å². The molecule has 0 aromatic rings. The lowest BCUT2D eigenvalue weighted by molar-refractivity contribution is 0.858. The van der Waals surface area contributed by atoms with Crippen LogP contribution in [0.15, 0.2) is 24.4 Å². The molecule has 0 aromatic heterocycles. The molecule has 0 heterocycles. The van der Waals surface area contributed by atoms with Crippen LogP contribution in [0.3, 0.4) is 0 Å². The largest absolute Gasteiger partial charge is 0.390 e. The van der Waals surface area contributed by atoms with E-state index in [1.54, 1.807) is 0 Å². The van der Waals surface area contributed by atoms with E-state index in [4.69, 9.17) is 0 Å². The third kappa shape index (κ3) is 7.97. The molecule has 13 heavy (non-hydrogen) atoms. The fraction of sp³-hybridized carbons (Fsp3) is 0.636. The number of nitrogens with one attached hydrogen (secondary N) is 1. The van der Waals surface area contributed by atoms with Crippen LogP contribution in [0.25, 0.3) is 0 Å². The van der Waals surface area contributed by atoms with Crippen molar-refractivity contribution in [3.63, 3.8) is 0 Å². The van der Waals surface area contributed by atoms with Crippen LogP contribution in [-0.2, 0) is 0 Å². The van der Waals surface area contributed by atoms with Crippen LogP contribution in [0, 0.1) is 0 Å². The van der Waals surface area contributed by atoms with Crippen LogP contribution in [0.5, 0.6) is 0 Å². The van der Waals surface area contributed by atoms with Crippen molar-refractivity contribution in [2.24, 2.45) is 0 Å². The first-order valence-corrected chi connectivity index (χ1v) is 6.21. The van der Waals surface area contributed by atoms with Crippen molar-refractivity contribution in [1.29, 1.82) is 0 Å². The van der Waals surface area contributed by atoms with E-state index in [9.17, 15) is 0 Å². The summed E-state index contributed by atoms with van der Waals surface area (Å²) in [4.78, 5) is 0. The van der Waals surface area contributed by atoms with Gasteiger partial charge in [-0.25, -0.2) is 0 Å². The van der Waals surface area contributed by atoms with Gasteiger partial charge in [0.25, 0.3) is 0 Å². The van der Waals surface area contributed by atoms with Gasteiger partial charge in [-0.15, -0.1) is 0 Å². The Morgan fingerprint density at radius 2 is 1.92 bits per heavy atom. The fourth-order valence-corrected chi connectivity index (χ4v) is 1.43. The third-order valence-corrected chi connectivity index (χ3v) is 2.61. The highest BCUT2D eigenvalue weighted by molar-refractivity contribution is 7.99. The second-order valence-corrected chi connectivity index (χ2v) is 3.91. The molecule has 76 valence electrons. The van der Waals surface area contributed by atoms with Crippen LogP contribution in [0.2, 0.25) is 0 Å². The first-order valence-electron chi connectivity index (χ1n) is 4.93. The molecule has 0 spiro atoms. The molecule has 0 saturated carbocycles. The number of allylic oxidation sites excluding steroid dienone is 2. The fourth-order valence-electron chi connectivity index (χ4n) is 0.903. The summed E-state index contributed by atoms with van der Waals surface area (Å²) >= 11 is 1.88. The van der Waals surface area contributed by atoms with Gasteiger partial charge in [0.15, 0.2) is 0 Å². The van der Waals surface area contributed by atoms with Gasteiger partial charge in [-0.05, 0) is 25.3 Å². The van der Waals surface area contributed by atoms with Crippen LogP contribution >= 0.6 is 11.8 Å². The van der Waals surface area contributed by atoms with Crippen molar-refractivity contribution in [1.82, 2.24) is 5.32 Å². The van der Waals surface area contributed by atoms with Crippen molar-refractivity contribution in [3.8, 4) is 0 Å². The van der Waals surface area contributed by atoms with Gasteiger partial charge in [-0.3, -0.25) is 0 Å². The molecule has 0 aromatic carbocycles. The highest BCUT2D eigenvalue weighted by Crippen LogP contribution is 2.06. The van der Waals surface area contributed by atoms with E-state index in [1.807, 2.05) is 18.0 Å². The topological polar surface area (TPSA) is 12.0 Å². The standard InChI is InChI=1S/C11H21NS/c1-4-6-8-11(13-3)10-12-9-7-5-2/h6-9,11-12H,4-5,10H2,1-3H3. The minimum atomic E-state index is 0.599. The lowest BCUT2D eigenvalue weighted by Crippen LogP contribution is -2.17. The van der Waals surface area contributed by atoms with Gasteiger partial charge in [0.05, 0.1) is 0 Å². The predicted molar refractivity (Wildman–Crippen MR) is 64.2 cm³/mol. The normalized spacial score (nSPS) is 14.1. The number of hydrogen-bond acceptors (Lipinski definition) is 2. The molecule has 1 unspecified atom stereocenters. The first kappa shape index (κ1) is 12.6. The maximum Gasteiger partial charge on any atom is 0.0397 e. The van der Waals surface area contributed by atoms with Crippen LogP contribution < -0.4 is 5.32 Å². The smallest absolute Gasteiger partial charge is 0.0397 e. The molecular weight excluding hydrogens is 178 g/mol. The van der Waals surface area contributed by atoms with Crippen molar-refractivity contribution in [2.75, 3.05) is 12.8 Å². The van der Waals surface area contributed by atoms with E-state index in [0.29, 0.717) is 5.25 Å². The van der Waals surface area contributed by atoms with Crippen molar-refractivity contribution in [2.45, 2.75) is 31.9 Å². The molecule has 1 nitrogen and oxygen atoms in total. The van der Waals surface area contributed by atoms with Crippen molar-refractivity contribution in [3.05, 3.63) is 24.4 Å². The lowest BCUT2D eigenvalue weighted by atomic mass is 10.3. The van der Waals surface area contributed by atoms with Gasteiger partial charge in [0, 0.05) is 11.8 Å². The Labute approximate surface area is 86.7 Å². The van der Waals surface area contributed by atoms with E-state index in [1.165, 1.54) is 0 Å². The summed E-state index contributed by atoms with van der Waals surface area (Å²) in [5.41, 5.74) is 0. The quantitative estimate of drug-likeness (QED) is 0.632. The van der Waals surface area contributed by atoms with Crippen LogP contribution in [-0.4, -0.2) is 18.1 Å². The summed E-state index contributed by atoms with van der Waals surface area (Å²) in [5.74, 6) is 0. The molecule has 0 fully saturated rings. The minimum absolute atomic E-state index is 0.599. The van der Waals surface area contributed by atoms with Crippen LogP contribution in [0.1, 0.15) is 26.7 Å². The van der Waals surface area contributed by atoms with Gasteiger partial charge in [0.1, 0.15) is 0 Å². The van der Waals surface area contributed by atoms with Crippen molar-refractivity contribution < 1.29 is 0 Å². The summed E-state index contributed by atoms with van der Waals surface area (Å²) in [6, 6.07) is 0. The first-order chi connectivity index (χ1) is 6.35. The Morgan fingerprint density at radius 3 is 2.46 bits per heavy atom. The molecule has 1 N–H and O–H groups in total. The third-order valence-electron chi connectivity index (χ3n) is 1.68. The Morgan fingerprint density at radius 1 is 1.23 bits per heavy atom. The monoisotopic (exact) mass is 199 g/mol. The predicted octanol–water partition coefficient (Wildman–Crippen LogP) is 3.20. The molecule has 0 aliphatic rings. The maximum atomic E-state index is 3.29. The molecule has 0 bridgehead atoms. The van der Waals surface area contributed by atoms with E-state index in [0.717, 1.165) is 19.4 Å². The summed E-state index contributed by atoms with van der Waals surface area (Å²) in [5, 5.41) is 3.89. The second kappa shape index (κ2) is 9.72. The summed E-state index contributed by atoms with van der Waals surface area (Å²) in [7, 11) is 0. The lowest BCUT2D eigenvalue weighted by Gasteiger charge is -2.08. The Balaban J connectivity index is 3.59. The number of thioether (sulfide) groups is 1. The summed E-state index contributed by atoms with van der Waals surface area (Å²) in [6.45, 7) is 5.33. The molecule has 0 rings (SSSR count). The molecule has 0 aliphatic heterocycles. The van der Waals surface area contributed by atoms with Gasteiger partial charge in [-0.1, -0.05) is 32.1 Å². The molecule has 0 saturated heterocycles. The summed E-state index contributed by atoms with van der Waals surface area (Å²) < 4.78 is 0. The van der Waals surface area contributed by atoms with E-state index in [2.05, 4.69) is 43.6 Å². The zero-order chi connectivity index (χ0) is 9.94. The average molecular weight is 199 g/mol. The SMILES string of the molecule is CCC=CNCC(C=CCC)SC. The molecule has 2 heteroatoms. The van der Waals surface area contributed by atoms with E-state index >= 15 is 0 Å². The maximum absolute atomic E-state index is 3.29. The Kier molecular flexibility index (Phi) is 9.44. The zero-order valence-electron chi connectivity index (χ0n) is 8.92. The molecule has 0 aliphatic carbocycles. The zero-order valence-corrected chi connectivity index (χ0v) is 9.73. The number of hydrogen-bond donors (Lipinski definition) is 1.